The summed E-state index contributed by atoms with van der Waals surface area (Å²) in [6.45, 7) is 8.09. The Hall–Kier alpha value is -1.05. The van der Waals surface area contributed by atoms with Crippen LogP contribution in [-0.2, 0) is 9.53 Å². The molecule has 1 unspecified atom stereocenters. The van der Waals surface area contributed by atoms with Gasteiger partial charge in [0.2, 0.25) is 0 Å². The van der Waals surface area contributed by atoms with E-state index in [2.05, 4.69) is 20.4 Å². The summed E-state index contributed by atoms with van der Waals surface area (Å²) in [5, 5.41) is 0. The van der Waals surface area contributed by atoms with Gasteiger partial charge in [-0.1, -0.05) is 26.0 Å². The zero-order chi connectivity index (χ0) is 9.14. The Morgan fingerprint density at radius 3 is 2.83 bits per heavy atom. The third-order valence-electron chi connectivity index (χ3n) is 1.99. The van der Waals surface area contributed by atoms with Gasteiger partial charge in [-0.2, -0.15) is 0 Å². The second-order valence-corrected chi connectivity index (χ2v) is 3.35. The van der Waals surface area contributed by atoms with Crippen molar-refractivity contribution in [1.29, 1.82) is 0 Å². The summed E-state index contributed by atoms with van der Waals surface area (Å²) in [5.41, 5.74) is 1.12. The molecule has 0 aromatic carbocycles. The summed E-state index contributed by atoms with van der Waals surface area (Å²) >= 11 is 0. The van der Waals surface area contributed by atoms with Crippen LogP contribution in [-0.4, -0.2) is 12.1 Å². The summed E-state index contributed by atoms with van der Waals surface area (Å²) in [4.78, 5) is 10.7. The quantitative estimate of drug-likeness (QED) is 0.474. The van der Waals surface area contributed by atoms with Gasteiger partial charge in [0.05, 0.1) is 0 Å². The first kappa shape index (κ1) is 9.04. The maximum Gasteiger partial charge on any atom is 0.331 e. The number of carbonyl (C=O) groups excluding carboxylic acids is 1. The van der Waals surface area contributed by atoms with Crippen molar-refractivity contribution >= 4 is 5.97 Å². The van der Waals surface area contributed by atoms with Crippen molar-refractivity contribution in [2.24, 2.45) is 5.92 Å². The molecule has 12 heavy (non-hydrogen) atoms. The van der Waals surface area contributed by atoms with Gasteiger partial charge in [-0.05, 0) is 12.0 Å². The molecule has 0 aromatic heterocycles. The zero-order valence-corrected chi connectivity index (χ0v) is 7.54. The van der Waals surface area contributed by atoms with Crippen molar-refractivity contribution in [2.45, 2.75) is 26.4 Å². The molecule has 66 valence electrons. The number of hydrogen-bond donors (Lipinski definition) is 0. The van der Waals surface area contributed by atoms with Crippen molar-refractivity contribution in [3.05, 3.63) is 24.3 Å². The molecule has 0 bridgehead atoms. The Bertz CT molecular complexity index is 226. The highest BCUT2D eigenvalue weighted by Crippen LogP contribution is 2.18. The minimum absolute atomic E-state index is 0.0765. The van der Waals surface area contributed by atoms with E-state index in [-0.39, 0.29) is 12.1 Å². The number of esters is 1. The highest BCUT2D eigenvalue weighted by molar-refractivity contribution is 5.84. The van der Waals surface area contributed by atoms with Crippen LogP contribution >= 0.6 is 0 Å². The summed E-state index contributed by atoms with van der Waals surface area (Å²) in [6.07, 6.45) is 3.93. The van der Waals surface area contributed by atoms with Crippen molar-refractivity contribution in [1.82, 2.24) is 0 Å². The van der Waals surface area contributed by atoms with Gasteiger partial charge in [0.15, 0.2) is 0 Å². The molecule has 1 aliphatic heterocycles. The van der Waals surface area contributed by atoms with Gasteiger partial charge >= 0.3 is 5.97 Å². The lowest BCUT2D eigenvalue weighted by molar-refractivity contribution is -0.138. The SMILES string of the molecule is C=C(CC1C=CC(=O)O1)C(C)C. The minimum Gasteiger partial charge on any atom is -0.455 e. The summed E-state index contributed by atoms with van der Waals surface area (Å²) < 4.78 is 4.97. The third kappa shape index (κ3) is 2.22. The summed E-state index contributed by atoms with van der Waals surface area (Å²) in [7, 11) is 0. The molecule has 0 amide bonds. The van der Waals surface area contributed by atoms with Gasteiger partial charge in [-0.3, -0.25) is 0 Å². The molecule has 1 rings (SSSR count). The number of cyclic esters (lactones) is 1. The smallest absolute Gasteiger partial charge is 0.331 e. The lowest BCUT2D eigenvalue weighted by Gasteiger charge is -2.12. The minimum atomic E-state index is -0.239. The van der Waals surface area contributed by atoms with E-state index >= 15 is 0 Å². The van der Waals surface area contributed by atoms with Crippen LogP contribution in [0.5, 0.6) is 0 Å². The number of rotatable bonds is 3. The van der Waals surface area contributed by atoms with Crippen molar-refractivity contribution < 1.29 is 9.53 Å². The van der Waals surface area contributed by atoms with Crippen molar-refractivity contribution in [3.63, 3.8) is 0 Å². The van der Waals surface area contributed by atoms with Gasteiger partial charge in [0.1, 0.15) is 6.10 Å². The number of ether oxygens (including phenoxy) is 1. The van der Waals surface area contributed by atoms with Gasteiger partial charge in [0, 0.05) is 12.5 Å². The van der Waals surface area contributed by atoms with Crippen LogP contribution in [0.15, 0.2) is 24.3 Å². The molecule has 1 heterocycles. The maximum atomic E-state index is 10.7. The molecule has 0 saturated heterocycles. The first-order valence-corrected chi connectivity index (χ1v) is 4.16. The van der Waals surface area contributed by atoms with Crippen LogP contribution in [0.1, 0.15) is 20.3 Å². The second-order valence-electron chi connectivity index (χ2n) is 3.35. The van der Waals surface area contributed by atoms with Crippen molar-refractivity contribution in [3.8, 4) is 0 Å². The van der Waals surface area contributed by atoms with E-state index in [0.29, 0.717) is 5.92 Å². The summed E-state index contributed by atoms with van der Waals surface area (Å²) in [5.74, 6) is 0.217. The summed E-state index contributed by atoms with van der Waals surface area (Å²) in [6, 6.07) is 0. The predicted molar refractivity (Wildman–Crippen MR) is 47.6 cm³/mol. The Kier molecular flexibility index (Phi) is 2.69. The largest absolute Gasteiger partial charge is 0.455 e. The van der Waals surface area contributed by atoms with Crippen LogP contribution in [0.25, 0.3) is 0 Å². The standard InChI is InChI=1S/C10H14O2/c1-7(2)8(3)6-9-4-5-10(11)12-9/h4-5,7,9H,3,6H2,1-2H3. The molecule has 0 spiro atoms. The van der Waals surface area contributed by atoms with Crippen molar-refractivity contribution in [2.75, 3.05) is 0 Å². The Balaban J connectivity index is 2.38. The predicted octanol–water partition coefficient (Wildman–Crippen LogP) is 2.07. The molecular weight excluding hydrogens is 152 g/mol. The van der Waals surface area contributed by atoms with Crippen LogP contribution in [0, 0.1) is 5.92 Å². The molecule has 0 radical (unpaired) electrons. The molecule has 1 atom stereocenters. The lowest BCUT2D eigenvalue weighted by Crippen LogP contribution is -2.10. The monoisotopic (exact) mass is 166 g/mol. The lowest BCUT2D eigenvalue weighted by atomic mass is 9.99. The third-order valence-corrected chi connectivity index (χ3v) is 1.99. The molecule has 0 fully saturated rings. The molecule has 0 N–H and O–H groups in total. The molecule has 1 aliphatic rings. The van der Waals surface area contributed by atoms with Gasteiger partial charge in [0.25, 0.3) is 0 Å². The molecule has 0 aliphatic carbocycles. The van der Waals surface area contributed by atoms with E-state index in [1.165, 1.54) is 6.08 Å². The number of carbonyl (C=O) groups is 1. The normalized spacial score (nSPS) is 21.6. The zero-order valence-electron chi connectivity index (χ0n) is 7.54. The van der Waals surface area contributed by atoms with E-state index in [9.17, 15) is 4.79 Å². The van der Waals surface area contributed by atoms with Gasteiger partial charge in [-0.15, -0.1) is 0 Å². The van der Waals surface area contributed by atoms with Gasteiger partial charge in [-0.25, -0.2) is 4.79 Å². The first-order chi connectivity index (χ1) is 5.59. The molecule has 2 heteroatoms. The fourth-order valence-electron chi connectivity index (χ4n) is 1.02. The van der Waals surface area contributed by atoms with Crippen LogP contribution < -0.4 is 0 Å². The van der Waals surface area contributed by atoms with Crippen LogP contribution in [0.4, 0.5) is 0 Å². The average Bonchev–Trinajstić information content (AvgIpc) is 2.35. The highest BCUT2D eigenvalue weighted by atomic mass is 16.5. The van der Waals surface area contributed by atoms with Gasteiger partial charge < -0.3 is 4.74 Å². The fraction of sp³-hybridized carbons (Fsp3) is 0.500. The first-order valence-electron chi connectivity index (χ1n) is 4.16. The highest BCUT2D eigenvalue weighted by Gasteiger charge is 2.17. The fourth-order valence-corrected chi connectivity index (χ4v) is 1.02. The van der Waals surface area contributed by atoms with Crippen LogP contribution in [0.3, 0.4) is 0 Å². The van der Waals surface area contributed by atoms with E-state index < -0.39 is 0 Å². The van der Waals surface area contributed by atoms with E-state index in [4.69, 9.17) is 4.74 Å². The van der Waals surface area contributed by atoms with E-state index in [0.717, 1.165) is 12.0 Å². The maximum absolute atomic E-state index is 10.7. The Labute approximate surface area is 72.9 Å². The topological polar surface area (TPSA) is 26.3 Å². The Morgan fingerprint density at radius 2 is 2.42 bits per heavy atom. The second kappa shape index (κ2) is 3.57. The molecule has 2 nitrogen and oxygen atoms in total. The molecular formula is C10H14O2. The van der Waals surface area contributed by atoms with E-state index in [1.54, 1.807) is 6.08 Å². The number of hydrogen-bond acceptors (Lipinski definition) is 2. The molecule has 0 aromatic rings. The Morgan fingerprint density at radius 1 is 1.75 bits per heavy atom. The van der Waals surface area contributed by atoms with Crippen LogP contribution in [0.2, 0.25) is 0 Å². The molecule has 0 saturated carbocycles. The average molecular weight is 166 g/mol. The van der Waals surface area contributed by atoms with E-state index in [1.807, 2.05) is 0 Å².